The van der Waals surface area contributed by atoms with Gasteiger partial charge in [0.1, 0.15) is 11.4 Å². The molecule has 2 heterocycles. The molecule has 0 bridgehead atoms. The van der Waals surface area contributed by atoms with Crippen LogP contribution in [-0.2, 0) is 10.0 Å². The molecule has 0 unspecified atom stereocenters. The van der Waals surface area contributed by atoms with Gasteiger partial charge < -0.3 is 9.80 Å². The largest absolute Gasteiger partial charge is 0.362 e. The first-order chi connectivity index (χ1) is 14.8. The van der Waals surface area contributed by atoms with Crippen molar-refractivity contribution in [1.29, 1.82) is 0 Å². The van der Waals surface area contributed by atoms with Crippen molar-refractivity contribution >= 4 is 27.3 Å². The minimum atomic E-state index is -3.81. The van der Waals surface area contributed by atoms with Gasteiger partial charge in [0, 0.05) is 57.7 Å². The van der Waals surface area contributed by atoms with Crippen LogP contribution in [0.1, 0.15) is 24.3 Å². The molecule has 166 valence electrons. The lowest BCUT2D eigenvalue weighted by atomic mass is 10.2. The van der Waals surface area contributed by atoms with Crippen molar-refractivity contribution < 1.29 is 18.1 Å². The zero-order valence-corrected chi connectivity index (χ0v) is 18.2. The third-order valence-electron chi connectivity index (χ3n) is 5.18. The van der Waals surface area contributed by atoms with Gasteiger partial charge in [-0.25, -0.2) is 13.4 Å². The average Bonchev–Trinajstić information content (AvgIpc) is 2.79. The third kappa shape index (κ3) is 4.64. The second-order valence-corrected chi connectivity index (χ2v) is 8.80. The Balaban J connectivity index is 1.81. The number of aromatic nitrogens is 2. The number of amides is 1. The molecule has 0 N–H and O–H groups in total. The fourth-order valence-electron chi connectivity index (χ4n) is 3.51. The Bertz CT molecular complexity index is 1050. The maximum absolute atomic E-state index is 12.7. The van der Waals surface area contributed by atoms with Gasteiger partial charge in [-0.2, -0.15) is 4.31 Å². The van der Waals surface area contributed by atoms with E-state index in [0.29, 0.717) is 31.9 Å². The number of piperazine rings is 1. The summed E-state index contributed by atoms with van der Waals surface area (Å²) in [6, 6.07) is 3.97. The number of nitrogens with zero attached hydrogens (tertiary/aromatic N) is 6. The van der Waals surface area contributed by atoms with Gasteiger partial charge in [0.15, 0.2) is 0 Å². The number of hydrogen-bond donors (Lipinski definition) is 0. The van der Waals surface area contributed by atoms with E-state index < -0.39 is 14.9 Å². The Hall–Kier alpha value is -3.12. The predicted molar refractivity (Wildman–Crippen MR) is 113 cm³/mol. The first-order valence-corrected chi connectivity index (χ1v) is 11.3. The fourth-order valence-corrected chi connectivity index (χ4v) is 4.99. The van der Waals surface area contributed by atoms with Crippen LogP contribution in [0.5, 0.6) is 0 Å². The summed E-state index contributed by atoms with van der Waals surface area (Å²) in [5, 5.41) is 11.7. The molecule has 0 radical (unpaired) electrons. The van der Waals surface area contributed by atoms with E-state index in [0.717, 1.165) is 6.07 Å². The summed E-state index contributed by atoms with van der Waals surface area (Å²) in [5.74, 6) is -0.247. The van der Waals surface area contributed by atoms with Gasteiger partial charge in [-0.1, -0.05) is 13.8 Å². The summed E-state index contributed by atoms with van der Waals surface area (Å²) in [6.07, 6.45) is 4.33. The highest BCUT2D eigenvalue weighted by Crippen LogP contribution is 2.32. The number of carbonyl (C=O) groups excluding carboxylic acids is 1. The Labute approximate surface area is 180 Å². The van der Waals surface area contributed by atoms with Crippen LogP contribution >= 0.6 is 0 Å². The van der Waals surface area contributed by atoms with Gasteiger partial charge in [0.2, 0.25) is 10.0 Å². The molecular formula is C19H24N6O5S. The van der Waals surface area contributed by atoms with Crippen LogP contribution < -0.4 is 4.90 Å². The van der Waals surface area contributed by atoms with Crippen molar-refractivity contribution in [1.82, 2.24) is 19.2 Å². The van der Waals surface area contributed by atoms with Gasteiger partial charge in [-0.3, -0.25) is 19.9 Å². The zero-order chi connectivity index (χ0) is 22.6. The molecular weight excluding hydrogens is 424 g/mol. The van der Waals surface area contributed by atoms with Crippen molar-refractivity contribution in [2.45, 2.75) is 18.7 Å². The van der Waals surface area contributed by atoms with E-state index in [9.17, 15) is 23.3 Å². The highest BCUT2D eigenvalue weighted by atomic mass is 32.2. The minimum Gasteiger partial charge on any atom is -0.362 e. The van der Waals surface area contributed by atoms with Crippen LogP contribution in [-0.4, -0.2) is 77.7 Å². The summed E-state index contributed by atoms with van der Waals surface area (Å²) in [5.41, 5.74) is 0.296. The lowest BCUT2D eigenvalue weighted by Crippen LogP contribution is -2.49. The summed E-state index contributed by atoms with van der Waals surface area (Å²) in [4.78, 5) is 34.8. The van der Waals surface area contributed by atoms with Gasteiger partial charge in [-0.05, 0) is 12.1 Å². The molecule has 1 fully saturated rings. The number of carbonyl (C=O) groups is 1. The number of rotatable bonds is 7. The van der Waals surface area contributed by atoms with Crippen molar-refractivity contribution in [2.75, 3.05) is 44.2 Å². The van der Waals surface area contributed by atoms with E-state index >= 15 is 0 Å². The van der Waals surface area contributed by atoms with Crippen molar-refractivity contribution in [2.24, 2.45) is 0 Å². The zero-order valence-electron chi connectivity index (χ0n) is 17.3. The number of anilines is 1. The second-order valence-electron chi connectivity index (χ2n) is 6.87. The first-order valence-electron chi connectivity index (χ1n) is 9.88. The smallest absolute Gasteiger partial charge is 0.293 e. The van der Waals surface area contributed by atoms with E-state index in [1.165, 1.54) is 35.0 Å². The molecule has 12 heteroatoms. The van der Waals surface area contributed by atoms with Gasteiger partial charge in [0.25, 0.3) is 11.6 Å². The number of sulfonamides is 1. The highest BCUT2D eigenvalue weighted by molar-refractivity contribution is 7.89. The lowest BCUT2D eigenvalue weighted by molar-refractivity contribution is -0.384. The standard InChI is InChI=1S/C19H24N6O5S/c1-3-24(4-2)31(29,30)15-5-6-17(18(13-15)25(27)28)22-9-11-23(12-10-22)19(26)16-14-20-7-8-21-16/h5-8,13-14H,3-4,9-12H2,1-2H3. The van der Waals surface area contributed by atoms with E-state index in [4.69, 9.17) is 0 Å². The molecule has 0 spiro atoms. The second kappa shape index (κ2) is 9.35. The molecule has 0 aliphatic carbocycles. The monoisotopic (exact) mass is 448 g/mol. The fraction of sp³-hybridized carbons (Fsp3) is 0.421. The number of nitro benzene ring substituents is 1. The molecule has 0 saturated carbocycles. The highest BCUT2D eigenvalue weighted by Gasteiger charge is 2.30. The molecule has 1 aromatic carbocycles. The maximum Gasteiger partial charge on any atom is 0.293 e. The SMILES string of the molecule is CCN(CC)S(=O)(=O)c1ccc(N2CCN(C(=O)c3cnccn3)CC2)c([N+](=O)[O-])c1. The van der Waals surface area contributed by atoms with Gasteiger partial charge in [-0.15, -0.1) is 0 Å². The summed E-state index contributed by atoms with van der Waals surface area (Å²) >= 11 is 0. The molecule has 1 aromatic heterocycles. The number of nitro groups is 1. The number of hydrogen-bond acceptors (Lipinski definition) is 8. The predicted octanol–water partition coefficient (Wildman–Crippen LogP) is 1.38. The molecule has 11 nitrogen and oxygen atoms in total. The summed E-state index contributed by atoms with van der Waals surface area (Å²) in [6.45, 7) is 5.42. The normalized spacial score (nSPS) is 14.7. The van der Waals surface area contributed by atoms with Crippen LogP contribution in [0.3, 0.4) is 0 Å². The summed E-state index contributed by atoms with van der Waals surface area (Å²) in [7, 11) is -3.81. The van der Waals surface area contributed by atoms with E-state index in [-0.39, 0.29) is 35.3 Å². The summed E-state index contributed by atoms with van der Waals surface area (Å²) < 4.78 is 26.7. The topological polar surface area (TPSA) is 130 Å². The molecule has 1 amide bonds. The quantitative estimate of drug-likeness (QED) is 0.459. The van der Waals surface area contributed by atoms with E-state index in [1.807, 2.05) is 0 Å². The van der Waals surface area contributed by atoms with Crippen LogP contribution in [0.15, 0.2) is 41.7 Å². The molecule has 2 aromatic rings. The molecule has 3 rings (SSSR count). The minimum absolute atomic E-state index is 0.108. The van der Waals surface area contributed by atoms with Crippen molar-refractivity contribution in [3.63, 3.8) is 0 Å². The third-order valence-corrected chi connectivity index (χ3v) is 7.22. The lowest BCUT2D eigenvalue weighted by Gasteiger charge is -2.35. The molecule has 1 aliphatic rings. The van der Waals surface area contributed by atoms with Crippen LogP contribution in [0.2, 0.25) is 0 Å². The van der Waals surface area contributed by atoms with Crippen molar-refractivity contribution in [3.8, 4) is 0 Å². The Morgan fingerprint density at radius 1 is 1.16 bits per heavy atom. The molecule has 0 atom stereocenters. The molecule has 1 saturated heterocycles. The van der Waals surface area contributed by atoms with Crippen molar-refractivity contribution in [3.05, 3.63) is 52.6 Å². The Kier molecular flexibility index (Phi) is 6.81. The Morgan fingerprint density at radius 2 is 1.84 bits per heavy atom. The first kappa shape index (κ1) is 22.6. The Morgan fingerprint density at radius 3 is 2.39 bits per heavy atom. The van der Waals surface area contributed by atoms with Gasteiger partial charge in [0.05, 0.1) is 16.0 Å². The van der Waals surface area contributed by atoms with Crippen LogP contribution in [0.25, 0.3) is 0 Å². The average molecular weight is 449 g/mol. The molecule has 31 heavy (non-hydrogen) atoms. The van der Waals surface area contributed by atoms with Crippen LogP contribution in [0.4, 0.5) is 11.4 Å². The van der Waals surface area contributed by atoms with Crippen LogP contribution in [0, 0.1) is 10.1 Å². The van der Waals surface area contributed by atoms with E-state index in [1.54, 1.807) is 23.6 Å². The number of benzene rings is 1. The van der Waals surface area contributed by atoms with Gasteiger partial charge >= 0.3 is 0 Å². The van der Waals surface area contributed by atoms with E-state index in [2.05, 4.69) is 9.97 Å². The maximum atomic E-state index is 12.7. The molecule has 1 aliphatic heterocycles.